The molecule has 3 rings (SSSR count). The van der Waals surface area contributed by atoms with E-state index in [1.807, 2.05) is 35.2 Å². The van der Waals surface area contributed by atoms with Crippen molar-refractivity contribution < 1.29 is 9.59 Å². The number of aromatic amines is 1. The highest BCUT2D eigenvalue weighted by atomic mass is 16.2. The van der Waals surface area contributed by atoms with Gasteiger partial charge in [-0.1, -0.05) is 30.3 Å². The molecule has 0 aliphatic carbocycles. The van der Waals surface area contributed by atoms with Crippen molar-refractivity contribution >= 4 is 17.5 Å². The number of carbonyl (C=O) groups excluding carboxylic acids is 2. The molecule has 6 nitrogen and oxygen atoms in total. The Morgan fingerprint density at radius 3 is 2.62 bits per heavy atom. The molecular formula is C18H22N4O2. The highest BCUT2D eigenvalue weighted by Crippen LogP contribution is 2.20. The van der Waals surface area contributed by atoms with Gasteiger partial charge in [0.1, 0.15) is 0 Å². The van der Waals surface area contributed by atoms with Gasteiger partial charge >= 0.3 is 0 Å². The van der Waals surface area contributed by atoms with Crippen LogP contribution in [0.5, 0.6) is 0 Å². The fourth-order valence-corrected chi connectivity index (χ4v) is 3.01. The summed E-state index contributed by atoms with van der Waals surface area (Å²) in [6, 6.07) is 10.0. The summed E-state index contributed by atoms with van der Waals surface area (Å²) in [6.45, 7) is 1.30. The molecule has 126 valence electrons. The molecule has 0 radical (unpaired) electrons. The summed E-state index contributed by atoms with van der Waals surface area (Å²) in [4.78, 5) is 26.4. The molecule has 2 amide bonds. The number of aromatic nitrogens is 2. The van der Waals surface area contributed by atoms with E-state index < -0.39 is 0 Å². The first-order valence-corrected chi connectivity index (χ1v) is 8.34. The predicted octanol–water partition coefficient (Wildman–Crippen LogP) is 2.22. The first-order chi connectivity index (χ1) is 11.7. The maximum atomic E-state index is 12.3. The number of piperidine rings is 1. The molecule has 0 saturated carbocycles. The lowest BCUT2D eigenvalue weighted by atomic mass is 9.95. The van der Waals surface area contributed by atoms with Crippen LogP contribution in [0.4, 0.5) is 5.69 Å². The van der Waals surface area contributed by atoms with Gasteiger partial charge in [0, 0.05) is 31.6 Å². The van der Waals surface area contributed by atoms with Crippen molar-refractivity contribution in [2.24, 2.45) is 5.92 Å². The number of benzene rings is 1. The lowest BCUT2D eigenvalue weighted by molar-refractivity contribution is -0.134. The Kier molecular flexibility index (Phi) is 5.25. The van der Waals surface area contributed by atoms with Crippen LogP contribution < -0.4 is 5.32 Å². The maximum absolute atomic E-state index is 12.3. The van der Waals surface area contributed by atoms with Crippen molar-refractivity contribution in [3.05, 3.63) is 48.3 Å². The zero-order valence-electron chi connectivity index (χ0n) is 13.6. The smallest absolute Gasteiger partial charge is 0.227 e. The number of anilines is 1. The van der Waals surface area contributed by atoms with Crippen molar-refractivity contribution in [3.63, 3.8) is 0 Å². The summed E-state index contributed by atoms with van der Waals surface area (Å²) in [7, 11) is 0. The molecule has 1 aliphatic rings. The van der Waals surface area contributed by atoms with Crippen molar-refractivity contribution in [2.75, 3.05) is 18.4 Å². The quantitative estimate of drug-likeness (QED) is 0.884. The molecule has 0 unspecified atom stereocenters. The Morgan fingerprint density at radius 2 is 1.96 bits per heavy atom. The van der Waals surface area contributed by atoms with Gasteiger partial charge in [-0.05, 0) is 24.8 Å². The molecule has 2 heterocycles. The molecular weight excluding hydrogens is 304 g/mol. The average Bonchev–Trinajstić information content (AvgIpc) is 3.13. The van der Waals surface area contributed by atoms with E-state index in [1.165, 1.54) is 5.56 Å². The van der Waals surface area contributed by atoms with Gasteiger partial charge in [0.15, 0.2) is 0 Å². The average molecular weight is 326 g/mol. The molecule has 6 heteroatoms. The number of rotatable bonds is 5. The van der Waals surface area contributed by atoms with E-state index in [-0.39, 0.29) is 17.7 Å². The lowest BCUT2D eigenvalue weighted by Gasteiger charge is -2.31. The third kappa shape index (κ3) is 4.22. The summed E-state index contributed by atoms with van der Waals surface area (Å²) in [5.74, 6) is 0.137. The van der Waals surface area contributed by atoms with Crippen LogP contribution in [0, 0.1) is 5.92 Å². The lowest BCUT2D eigenvalue weighted by Crippen LogP contribution is -2.41. The molecule has 1 fully saturated rings. The van der Waals surface area contributed by atoms with Crippen LogP contribution in [0.2, 0.25) is 0 Å². The summed E-state index contributed by atoms with van der Waals surface area (Å²) in [5.41, 5.74) is 1.86. The Labute approximate surface area is 141 Å². The Hall–Kier alpha value is -2.63. The number of H-pyrrole nitrogens is 1. The van der Waals surface area contributed by atoms with E-state index in [9.17, 15) is 9.59 Å². The Balaban J connectivity index is 1.42. The fraction of sp³-hybridized carbons (Fsp3) is 0.389. The largest absolute Gasteiger partial charge is 0.343 e. The summed E-state index contributed by atoms with van der Waals surface area (Å²) in [5, 5.41) is 9.32. The number of likely N-dealkylation sites (tertiary alicyclic amines) is 1. The summed E-state index contributed by atoms with van der Waals surface area (Å²) >= 11 is 0. The molecule has 1 aromatic carbocycles. The van der Waals surface area contributed by atoms with Gasteiger partial charge in [-0.15, -0.1) is 0 Å². The number of aryl methyl sites for hydroxylation is 1. The van der Waals surface area contributed by atoms with Crippen molar-refractivity contribution in [3.8, 4) is 0 Å². The number of hydrogen-bond donors (Lipinski definition) is 2. The third-order valence-corrected chi connectivity index (χ3v) is 4.45. The minimum Gasteiger partial charge on any atom is -0.343 e. The molecule has 2 N–H and O–H groups in total. The molecule has 0 atom stereocenters. The van der Waals surface area contributed by atoms with Gasteiger partial charge in [-0.3, -0.25) is 14.7 Å². The molecule has 1 aliphatic heterocycles. The minimum atomic E-state index is -0.0435. The SMILES string of the molecule is O=C(Nc1cn[nH]c1)C1CCN(C(=O)CCc2ccccc2)CC1. The van der Waals surface area contributed by atoms with Crippen molar-refractivity contribution in [2.45, 2.75) is 25.7 Å². The molecule has 2 aromatic rings. The van der Waals surface area contributed by atoms with Gasteiger partial charge in [0.2, 0.25) is 11.8 Å². The van der Waals surface area contributed by atoms with Gasteiger partial charge in [0.25, 0.3) is 0 Å². The van der Waals surface area contributed by atoms with E-state index in [0.717, 1.165) is 6.42 Å². The first kappa shape index (κ1) is 16.2. The fourth-order valence-electron chi connectivity index (χ4n) is 3.01. The zero-order valence-corrected chi connectivity index (χ0v) is 13.6. The number of hydrogen-bond acceptors (Lipinski definition) is 3. The summed E-state index contributed by atoms with van der Waals surface area (Å²) in [6.07, 6.45) is 5.94. The monoisotopic (exact) mass is 326 g/mol. The normalized spacial score (nSPS) is 15.2. The highest BCUT2D eigenvalue weighted by molar-refractivity contribution is 5.92. The van der Waals surface area contributed by atoms with Crippen LogP contribution >= 0.6 is 0 Å². The second-order valence-corrected chi connectivity index (χ2v) is 6.12. The van der Waals surface area contributed by atoms with Crippen molar-refractivity contribution in [1.29, 1.82) is 0 Å². The van der Waals surface area contributed by atoms with E-state index in [4.69, 9.17) is 0 Å². The Morgan fingerprint density at radius 1 is 1.21 bits per heavy atom. The predicted molar refractivity (Wildman–Crippen MR) is 91.3 cm³/mol. The van der Waals surface area contributed by atoms with E-state index in [0.29, 0.717) is 38.0 Å². The second kappa shape index (κ2) is 7.77. The number of carbonyl (C=O) groups is 2. The van der Waals surface area contributed by atoms with Crippen LogP contribution in [0.15, 0.2) is 42.7 Å². The molecule has 24 heavy (non-hydrogen) atoms. The van der Waals surface area contributed by atoms with Crippen LogP contribution in [0.25, 0.3) is 0 Å². The molecule has 1 saturated heterocycles. The second-order valence-electron chi connectivity index (χ2n) is 6.12. The number of nitrogens with one attached hydrogen (secondary N) is 2. The van der Waals surface area contributed by atoms with Gasteiger partial charge in [0.05, 0.1) is 11.9 Å². The van der Waals surface area contributed by atoms with Gasteiger partial charge in [-0.25, -0.2) is 0 Å². The standard InChI is InChI=1S/C18H22N4O2/c23-17(7-6-14-4-2-1-3-5-14)22-10-8-15(9-11-22)18(24)21-16-12-19-20-13-16/h1-5,12-13,15H,6-11H2,(H,19,20)(H,21,24). The molecule has 1 aromatic heterocycles. The van der Waals surface area contributed by atoms with Crippen LogP contribution in [0.3, 0.4) is 0 Å². The first-order valence-electron chi connectivity index (χ1n) is 8.34. The van der Waals surface area contributed by atoms with E-state index >= 15 is 0 Å². The van der Waals surface area contributed by atoms with Gasteiger partial charge in [-0.2, -0.15) is 5.10 Å². The van der Waals surface area contributed by atoms with E-state index in [1.54, 1.807) is 12.4 Å². The maximum Gasteiger partial charge on any atom is 0.227 e. The highest BCUT2D eigenvalue weighted by Gasteiger charge is 2.27. The molecule has 0 bridgehead atoms. The van der Waals surface area contributed by atoms with Crippen LogP contribution in [-0.2, 0) is 16.0 Å². The third-order valence-electron chi connectivity index (χ3n) is 4.45. The van der Waals surface area contributed by atoms with Crippen molar-refractivity contribution in [1.82, 2.24) is 15.1 Å². The van der Waals surface area contributed by atoms with Crippen LogP contribution in [-0.4, -0.2) is 40.0 Å². The topological polar surface area (TPSA) is 78.1 Å². The molecule has 0 spiro atoms. The van der Waals surface area contributed by atoms with E-state index in [2.05, 4.69) is 15.5 Å². The van der Waals surface area contributed by atoms with Crippen LogP contribution in [0.1, 0.15) is 24.8 Å². The number of nitrogens with zero attached hydrogens (tertiary/aromatic N) is 2. The minimum absolute atomic E-state index is 0.00721. The van der Waals surface area contributed by atoms with Gasteiger partial charge < -0.3 is 10.2 Å². The summed E-state index contributed by atoms with van der Waals surface area (Å²) < 4.78 is 0. The zero-order chi connectivity index (χ0) is 16.8. The number of amides is 2. The Bertz CT molecular complexity index is 662.